The summed E-state index contributed by atoms with van der Waals surface area (Å²) in [5.74, 6) is -0.837. The number of carbonyl (C=O) groups excluding carboxylic acids is 3. The molecule has 0 saturated heterocycles. The van der Waals surface area contributed by atoms with Gasteiger partial charge in [-0.3, -0.25) is 9.59 Å². The monoisotopic (exact) mass is 379 g/mol. The number of rotatable bonds is 4. The summed E-state index contributed by atoms with van der Waals surface area (Å²) in [7, 11) is 1.26. The normalized spacial score (nSPS) is 10.3. The Hall–Kier alpha value is -2.41. The number of halogens is 1. The highest BCUT2D eigenvalue weighted by Crippen LogP contribution is 2.36. The molecule has 0 aliphatic carbocycles. The van der Waals surface area contributed by atoms with E-state index in [2.05, 4.69) is 20.9 Å². The number of aromatic nitrogens is 1. The molecule has 0 unspecified atom stereocenters. The van der Waals surface area contributed by atoms with Crippen LogP contribution < -0.4 is 4.74 Å². The van der Waals surface area contributed by atoms with Crippen molar-refractivity contribution in [1.82, 2.24) is 4.98 Å². The molecule has 120 valence electrons. The van der Waals surface area contributed by atoms with E-state index in [1.165, 1.54) is 21.0 Å². The maximum absolute atomic E-state index is 12.0. The number of hydrogen-bond acceptors (Lipinski definition) is 5. The summed E-state index contributed by atoms with van der Waals surface area (Å²) in [6, 6.07) is 6.57. The second-order valence-corrected chi connectivity index (χ2v) is 5.52. The summed E-state index contributed by atoms with van der Waals surface area (Å²) in [4.78, 5) is 37.4. The molecule has 0 atom stereocenters. The minimum atomic E-state index is -0.586. The van der Waals surface area contributed by atoms with Crippen molar-refractivity contribution in [1.29, 1.82) is 0 Å². The molecule has 0 radical (unpaired) electrons. The third kappa shape index (κ3) is 3.50. The Morgan fingerprint density at radius 2 is 1.65 bits per heavy atom. The number of ketones is 1. The van der Waals surface area contributed by atoms with Gasteiger partial charge in [0.2, 0.25) is 0 Å². The van der Waals surface area contributed by atoms with Crippen LogP contribution in [0, 0.1) is 0 Å². The fourth-order valence-electron chi connectivity index (χ4n) is 2.10. The number of esters is 2. The van der Waals surface area contributed by atoms with Crippen molar-refractivity contribution in [2.24, 2.45) is 0 Å². The van der Waals surface area contributed by atoms with E-state index in [4.69, 9.17) is 9.47 Å². The molecule has 23 heavy (non-hydrogen) atoms. The lowest BCUT2D eigenvalue weighted by atomic mass is 10.1. The Bertz CT molecular complexity index is 777. The molecule has 0 spiro atoms. The molecule has 1 N–H and O–H groups in total. The SMILES string of the molecule is COC(=O)c1[nH]c(C(C)=O)c(Br)c1-c1ccc(OC(C)=O)cc1. The van der Waals surface area contributed by atoms with Gasteiger partial charge in [0.05, 0.1) is 17.3 Å². The van der Waals surface area contributed by atoms with Gasteiger partial charge in [-0.2, -0.15) is 0 Å². The molecule has 6 nitrogen and oxygen atoms in total. The van der Waals surface area contributed by atoms with Crippen LogP contribution in [-0.4, -0.2) is 29.8 Å². The molecule has 0 fully saturated rings. The van der Waals surface area contributed by atoms with Crippen LogP contribution in [0.15, 0.2) is 28.7 Å². The van der Waals surface area contributed by atoms with Gasteiger partial charge in [0.1, 0.15) is 11.4 Å². The van der Waals surface area contributed by atoms with Crippen molar-refractivity contribution in [2.75, 3.05) is 7.11 Å². The van der Waals surface area contributed by atoms with Crippen molar-refractivity contribution >= 4 is 33.7 Å². The lowest BCUT2D eigenvalue weighted by Gasteiger charge is -2.06. The molecule has 7 heteroatoms. The number of Topliss-reactive ketones (excluding diaryl/α,β-unsaturated/α-hetero) is 1. The van der Waals surface area contributed by atoms with Gasteiger partial charge >= 0.3 is 11.9 Å². The van der Waals surface area contributed by atoms with Crippen LogP contribution in [0.25, 0.3) is 11.1 Å². The fraction of sp³-hybridized carbons (Fsp3) is 0.188. The minimum absolute atomic E-state index is 0.171. The predicted molar refractivity (Wildman–Crippen MR) is 86.6 cm³/mol. The van der Waals surface area contributed by atoms with Crippen LogP contribution in [0.3, 0.4) is 0 Å². The van der Waals surface area contributed by atoms with Gasteiger partial charge in [-0.25, -0.2) is 4.79 Å². The standard InChI is InChI=1S/C16H14BrNO5/c1-8(19)14-13(17)12(15(18-14)16(21)22-3)10-4-6-11(7-5-10)23-9(2)20/h4-7,18H,1-3H3. The lowest BCUT2D eigenvalue weighted by Crippen LogP contribution is -2.04. The first kappa shape index (κ1) is 17.0. The van der Waals surface area contributed by atoms with Crippen molar-refractivity contribution in [3.05, 3.63) is 40.1 Å². The maximum atomic E-state index is 12.0. The Balaban J connectivity index is 2.55. The van der Waals surface area contributed by atoms with Crippen molar-refractivity contribution < 1.29 is 23.9 Å². The molecule has 0 amide bonds. The van der Waals surface area contributed by atoms with E-state index in [1.54, 1.807) is 24.3 Å². The molecule has 0 bridgehead atoms. The first-order chi connectivity index (χ1) is 10.8. The molecule has 1 heterocycles. The van der Waals surface area contributed by atoms with E-state index in [9.17, 15) is 14.4 Å². The van der Waals surface area contributed by atoms with E-state index in [1.807, 2.05) is 0 Å². The van der Waals surface area contributed by atoms with Gasteiger partial charge in [0, 0.05) is 19.4 Å². The molecule has 0 saturated carbocycles. The lowest BCUT2D eigenvalue weighted by molar-refractivity contribution is -0.131. The molecule has 1 aromatic heterocycles. The summed E-state index contributed by atoms with van der Waals surface area (Å²) in [6.07, 6.45) is 0. The fourth-order valence-corrected chi connectivity index (χ4v) is 2.91. The second kappa shape index (κ2) is 6.78. The van der Waals surface area contributed by atoms with Crippen LogP contribution in [-0.2, 0) is 9.53 Å². The average Bonchev–Trinajstić information content (AvgIpc) is 2.84. The van der Waals surface area contributed by atoms with Gasteiger partial charge in [-0.1, -0.05) is 12.1 Å². The summed E-state index contributed by atoms with van der Waals surface area (Å²) in [6.45, 7) is 2.70. The van der Waals surface area contributed by atoms with E-state index < -0.39 is 11.9 Å². The Morgan fingerprint density at radius 1 is 1.04 bits per heavy atom. The largest absolute Gasteiger partial charge is 0.464 e. The van der Waals surface area contributed by atoms with Crippen LogP contribution in [0.2, 0.25) is 0 Å². The zero-order chi connectivity index (χ0) is 17.1. The molecule has 0 aliphatic rings. The van der Waals surface area contributed by atoms with Gasteiger partial charge in [-0.05, 0) is 33.6 Å². The van der Waals surface area contributed by atoms with E-state index in [-0.39, 0.29) is 17.2 Å². The second-order valence-electron chi connectivity index (χ2n) is 4.73. The van der Waals surface area contributed by atoms with Crippen LogP contribution in [0.4, 0.5) is 0 Å². The minimum Gasteiger partial charge on any atom is -0.464 e. The quantitative estimate of drug-likeness (QED) is 0.500. The van der Waals surface area contributed by atoms with E-state index in [0.29, 0.717) is 21.3 Å². The van der Waals surface area contributed by atoms with Crippen molar-refractivity contribution in [3.8, 4) is 16.9 Å². The third-order valence-corrected chi connectivity index (χ3v) is 3.88. The van der Waals surface area contributed by atoms with Gasteiger partial charge < -0.3 is 14.5 Å². The molecule has 0 aliphatic heterocycles. The first-order valence-electron chi connectivity index (χ1n) is 6.64. The van der Waals surface area contributed by atoms with Gasteiger partial charge in [0.15, 0.2) is 5.78 Å². The first-order valence-corrected chi connectivity index (χ1v) is 7.44. The Morgan fingerprint density at radius 3 is 2.13 bits per heavy atom. The molecule has 1 aromatic carbocycles. The van der Waals surface area contributed by atoms with Crippen LogP contribution in [0.5, 0.6) is 5.75 Å². The van der Waals surface area contributed by atoms with Crippen LogP contribution in [0.1, 0.15) is 34.8 Å². The number of carbonyl (C=O) groups is 3. The smallest absolute Gasteiger partial charge is 0.355 e. The summed E-state index contributed by atoms with van der Waals surface area (Å²) < 4.78 is 10.2. The highest BCUT2D eigenvalue weighted by Gasteiger charge is 2.24. The zero-order valence-corrected chi connectivity index (χ0v) is 14.3. The number of ether oxygens (including phenoxy) is 2. The number of nitrogens with one attached hydrogen (secondary N) is 1. The van der Waals surface area contributed by atoms with Crippen molar-refractivity contribution in [2.45, 2.75) is 13.8 Å². The van der Waals surface area contributed by atoms with Gasteiger partial charge in [0.25, 0.3) is 0 Å². The third-order valence-electron chi connectivity index (χ3n) is 3.09. The van der Waals surface area contributed by atoms with Crippen molar-refractivity contribution in [3.63, 3.8) is 0 Å². The average molecular weight is 380 g/mol. The highest BCUT2D eigenvalue weighted by atomic mass is 79.9. The number of aromatic amines is 1. The van der Waals surface area contributed by atoms with Crippen LogP contribution >= 0.6 is 15.9 Å². The summed E-state index contributed by atoms with van der Waals surface area (Å²) in [5.41, 5.74) is 1.63. The Labute approximate surface area is 140 Å². The molecule has 2 aromatic rings. The summed E-state index contributed by atoms with van der Waals surface area (Å²) in [5, 5.41) is 0. The summed E-state index contributed by atoms with van der Waals surface area (Å²) >= 11 is 3.35. The van der Waals surface area contributed by atoms with E-state index >= 15 is 0 Å². The molecular formula is C16H14BrNO5. The predicted octanol–water partition coefficient (Wildman–Crippen LogP) is 3.36. The van der Waals surface area contributed by atoms with E-state index in [0.717, 1.165) is 0 Å². The maximum Gasteiger partial charge on any atom is 0.355 e. The number of methoxy groups -OCH3 is 1. The Kier molecular flexibility index (Phi) is 5.00. The molecule has 2 rings (SSSR count). The van der Waals surface area contributed by atoms with Gasteiger partial charge in [-0.15, -0.1) is 0 Å². The highest BCUT2D eigenvalue weighted by molar-refractivity contribution is 9.10. The zero-order valence-electron chi connectivity index (χ0n) is 12.7. The molecular weight excluding hydrogens is 366 g/mol. The number of hydrogen-bond donors (Lipinski definition) is 1. The topological polar surface area (TPSA) is 85.5 Å². The number of benzene rings is 1. The number of H-pyrrole nitrogens is 1.